The van der Waals surface area contributed by atoms with E-state index in [1.807, 2.05) is 0 Å². The Morgan fingerprint density at radius 2 is 1.89 bits per heavy atom. The van der Waals surface area contributed by atoms with Gasteiger partial charge >= 0.3 is 0 Å². The molecule has 0 atom stereocenters. The van der Waals surface area contributed by atoms with Crippen LogP contribution >= 0.6 is 0 Å². The summed E-state index contributed by atoms with van der Waals surface area (Å²) in [6.45, 7) is 0. The number of carbonyl (C=O) groups excluding carboxylic acids is 1. The third kappa shape index (κ3) is 3.73. The first-order chi connectivity index (χ1) is 8.34. The first-order valence-electron chi connectivity index (χ1n) is 5.62. The van der Waals surface area contributed by atoms with Crippen LogP contribution in [-0.2, 0) is 14.6 Å². The number of hydrogen-bond donors (Lipinski definition) is 1. The zero-order valence-corrected chi connectivity index (χ0v) is 11.4. The number of nitrogens with zero attached hydrogens (tertiary/aromatic N) is 1. The van der Waals surface area contributed by atoms with E-state index in [1.165, 1.54) is 11.0 Å². The Labute approximate surface area is 108 Å². The maximum atomic E-state index is 12.0. The molecule has 100 valence electrons. The number of nitrogen functional groups attached to an aromatic ring is 1. The molecule has 0 aliphatic heterocycles. The number of para-hydroxylation sites is 1. The summed E-state index contributed by atoms with van der Waals surface area (Å²) in [4.78, 5) is 12.9. The third-order valence-corrected chi connectivity index (χ3v) is 4.42. The van der Waals surface area contributed by atoms with Crippen molar-refractivity contribution in [2.45, 2.75) is 17.7 Å². The van der Waals surface area contributed by atoms with Gasteiger partial charge in [-0.1, -0.05) is 12.1 Å². The van der Waals surface area contributed by atoms with Crippen molar-refractivity contribution in [1.82, 2.24) is 4.90 Å². The Hall–Kier alpha value is -1.56. The van der Waals surface area contributed by atoms with Gasteiger partial charge in [-0.05, 0) is 18.6 Å². The van der Waals surface area contributed by atoms with Crippen LogP contribution in [0.15, 0.2) is 29.2 Å². The highest BCUT2D eigenvalue weighted by molar-refractivity contribution is 7.91. The largest absolute Gasteiger partial charge is 0.398 e. The average Bonchev–Trinajstić information content (AvgIpc) is 2.28. The number of carbonyl (C=O) groups is 1. The van der Waals surface area contributed by atoms with Crippen molar-refractivity contribution in [1.29, 1.82) is 0 Å². The van der Waals surface area contributed by atoms with Crippen LogP contribution in [0, 0.1) is 0 Å². The number of benzene rings is 1. The maximum absolute atomic E-state index is 12.0. The van der Waals surface area contributed by atoms with Crippen LogP contribution in [0.5, 0.6) is 0 Å². The predicted molar refractivity (Wildman–Crippen MR) is 70.8 cm³/mol. The van der Waals surface area contributed by atoms with Crippen LogP contribution in [0.1, 0.15) is 12.8 Å². The van der Waals surface area contributed by atoms with E-state index in [9.17, 15) is 13.2 Å². The maximum Gasteiger partial charge on any atom is 0.222 e. The normalized spacial score (nSPS) is 11.2. The first kappa shape index (κ1) is 14.5. The van der Waals surface area contributed by atoms with Crippen molar-refractivity contribution >= 4 is 21.4 Å². The van der Waals surface area contributed by atoms with E-state index < -0.39 is 9.84 Å². The minimum atomic E-state index is -3.41. The molecule has 0 spiro atoms. The molecule has 0 aliphatic carbocycles. The molecule has 0 heterocycles. The summed E-state index contributed by atoms with van der Waals surface area (Å²) in [5.74, 6) is -0.146. The second-order valence-corrected chi connectivity index (χ2v) is 6.33. The molecule has 1 aromatic carbocycles. The molecule has 0 fully saturated rings. The van der Waals surface area contributed by atoms with Crippen LogP contribution in [0.25, 0.3) is 0 Å². The fraction of sp³-hybridized carbons (Fsp3) is 0.417. The van der Waals surface area contributed by atoms with Gasteiger partial charge in [-0.15, -0.1) is 0 Å². The highest BCUT2D eigenvalue weighted by atomic mass is 32.2. The molecule has 6 heteroatoms. The summed E-state index contributed by atoms with van der Waals surface area (Å²) in [7, 11) is -0.118. The fourth-order valence-corrected chi connectivity index (χ4v) is 2.97. The van der Waals surface area contributed by atoms with Crippen LogP contribution in [0.3, 0.4) is 0 Å². The van der Waals surface area contributed by atoms with Gasteiger partial charge in [0.2, 0.25) is 5.91 Å². The molecule has 0 saturated heterocycles. The minimum Gasteiger partial charge on any atom is -0.398 e. The van der Waals surface area contributed by atoms with E-state index in [2.05, 4.69) is 0 Å². The van der Waals surface area contributed by atoms with Crippen molar-refractivity contribution in [3.8, 4) is 0 Å². The highest BCUT2D eigenvalue weighted by Crippen LogP contribution is 2.19. The lowest BCUT2D eigenvalue weighted by Gasteiger charge is -2.10. The van der Waals surface area contributed by atoms with E-state index in [0.29, 0.717) is 6.42 Å². The van der Waals surface area contributed by atoms with Crippen LogP contribution in [0.4, 0.5) is 5.69 Å². The fourth-order valence-electron chi connectivity index (χ4n) is 1.51. The van der Waals surface area contributed by atoms with Crippen LogP contribution < -0.4 is 5.73 Å². The summed E-state index contributed by atoms with van der Waals surface area (Å²) in [6.07, 6.45) is 0.520. The lowest BCUT2D eigenvalue weighted by atomic mass is 10.3. The summed E-state index contributed by atoms with van der Waals surface area (Å²) in [5.41, 5.74) is 5.88. The number of anilines is 1. The van der Waals surface area contributed by atoms with E-state index >= 15 is 0 Å². The van der Waals surface area contributed by atoms with Crippen molar-refractivity contribution in [3.63, 3.8) is 0 Å². The zero-order valence-electron chi connectivity index (χ0n) is 10.6. The van der Waals surface area contributed by atoms with E-state index in [0.717, 1.165) is 0 Å². The van der Waals surface area contributed by atoms with E-state index in [1.54, 1.807) is 32.3 Å². The van der Waals surface area contributed by atoms with Gasteiger partial charge < -0.3 is 10.6 Å². The average molecular weight is 270 g/mol. The van der Waals surface area contributed by atoms with Crippen molar-refractivity contribution < 1.29 is 13.2 Å². The van der Waals surface area contributed by atoms with Gasteiger partial charge in [0, 0.05) is 20.5 Å². The Balaban J connectivity index is 2.67. The molecular weight excluding hydrogens is 252 g/mol. The van der Waals surface area contributed by atoms with Crippen molar-refractivity contribution in [2.75, 3.05) is 25.6 Å². The molecule has 0 unspecified atom stereocenters. The highest BCUT2D eigenvalue weighted by Gasteiger charge is 2.17. The van der Waals surface area contributed by atoms with Gasteiger partial charge in [0.05, 0.1) is 16.3 Å². The second kappa shape index (κ2) is 5.86. The Morgan fingerprint density at radius 1 is 1.28 bits per heavy atom. The minimum absolute atomic E-state index is 0.0687. The van der Waals surface area contributed by atoms with E-state index in [4.69, 9.17) is 5.73 Å². The van der Waals surface area contributed by atoms with Crippen LogP contribution in [0.2, 0.25) is 0 Å². The molecule has 0 bridgehead atoms. The number of amides is 1. The van der Waals surface area contributed by atoms with Gasteiger partial charge in [0.25, 0.3) is 0 Å². The monoisotopic (exact) mass is 270 g/mol. The summed E-state index contributed by atoms with van der Waals surface area (Å²) in [6, 6.07) is 6.36. The molecule has 0 saturated carbocycles. The summed E-state index contributed by atoms with van der Waals surface area (Å²) < 4.78 is 24.0. The molecular formula is C12H18N2O3S. The lowest BCUT2D eigenvalue weighted by Crippen LogP contribution is -2.22. The lowest BCUT2D eigenvalue weighted by molar-refractivity contribution is -0.128. The van der Waals surface area contributed by atoms with E-state index in [-0.39, 0.29) is 28.7 Å². The molecule has 0 aliphatic rings. The molecule has 2 N–H and O–H groups in total. The first-order valence-corrected chi connectivity index (χ1v) is 7.27. The molecule has 18 heavy (non-hydrogen) atoms. The number of rotatable bonds is 5. The molecule has 1 rings (SSSR count). The molecule has 0 radical (unpaired) electrons. The van der Waals surface area contributed by atoms with Gasteiger partial charge in [0.1, 0.15) is 0 Å². The number of hydrogen-bond acceptors (Lipinski definition) is 4. The molecule has 0 aromatic heterocycles. The number of nitrogens with two attached hydrogens (primary N) is 1. The van der Waals surface area contributed by atoms with Gasteiger partial charge in [0.15, 0.2) is 9.84 Å². The van der Waals surface area contributed by atoms with Crippen molar-refractivity contribution in [3.05, 3.63) is 24.3 Å². The Bertz CT molecular complexity index is 524. The van der Waals surface area contributed by atoms with Crippen molar-refractivity contribution in [2.24, 2.45) is 0 Å². The topological polar surface area (TPSA) is 80.5 Å². The van der Waals surface area contributed by atoms with Crippen LogP contribution in [-0.4, -0.2) is 39.1 Å². The SMILES string of the molecule is CN(C)C(=O)CCCS(=O)(=O)c1ccccc1N. The van der Waals surface area contributed by atoms with Gasteiger partial charge in [-0.25, -0.2) is 8.42 Å². The molecule has 1 aromatic rings. The Morgan fingerprint density at radius 3 is 2.44 bits per heavy atom. The van der Waals surface area contributed by atoms with Gasteiger partial charge in [-0.2, -0.15) is 0 Å². The predicted octanol–water partition coefficient (Wildman–Crippen LogP) is 0.911. The Kier molecular flexibility index (Phi) is 4.72. The molecule has 5 nitrogen and oxygen atoms in total. The number of sulfone groups is 1. The standard InChI is InChI=1S/C12H18N2O3S/c1-14(2)12(15)8-5-9-18(16,17)11-7-4-3-6-10(11)13/h3-4,6-7H,5,8-9,13H2,1-2H3. The molecule has 1 amide bonds. The smallest absolute Gasteiger partial charge is 0.222 e. The summed E-state index contributed by atoms with van der Waals surface area (Å²) in [5, 5.41) is 0. The second-order valence-electron chi connectivity index (χ2n) is 4.25. The zero-order chi connectivity index (χ0) is 13.8. The van der Waals surface area contributed by atoms with Gasteiger partial charge in [-0.3, -0.25) is 4.79 Å². The third-order valence-electron chi connectivity index (χ3n) is 2.56. The summed E-state index contributed by atoms with van der Waals surface area (Å²) >= 11 is 0. The quantitative estimate of drug-likeness (QED) is 0.806.